The van der Waals surface area contributed by atoms with Crippen LogP contribution in [0.15, 0.2) is 12.3 Å². The molecule has 3 N–H and O–H groups in total. The maximum absolute atomic E-state index is 11.2. The van der Waals surface area contributed by atoms with Crippen molar-refractivity contribution in [1.29, 1.82) is 0 Å². The summed E-state index contributed by atoms with van der Waals surface area (Å²) >= 11 is 0. The Hall–Kier alpha value is -2.31. The van der Waals surface area contributed by atoms with Gasteiger partial charge in [0.1, 0.15) is 0 Å². The van der Waals surface area contributed by atoms with Gasteiger partial charge in [0, 0.05) is 39.3 Å². The largest absolute Gasteiger partial charge is 0.478 e. The summed E-state index contributed by atoms with van der Waals surface area (Å²) in [5, 5.41) is 9.02. The number of anilines is 2. The third kappa shape index (κ3) is 2.59. The van der Waals surface area contributed by atoms with E-state index in [2.05, 4.69) is 4.98 Å². The molecule has 0 unspecified atom stereocenters. The fourth-order valence-corrected chi connectivity index (χ4v) is 2.13. The predicted molar refractivity (Wildman–Crippen MR) is 70.1 cm³/mol. The Kier molecular flexibility index (Phi) is 3.55. The number of hydrogen-bond donors (Lipinski definition) is 2. The molecule has 1 aromatic heterocycles. The van der Waals surface area contributed by atoms with Crippen LogP contribution in [0, 0.1) is 0 Å². The molecule has 0 aliphatic carbocycles. The molecule has 1 aromatic rings. The molecule has 0 spiro atoms. The zero-order chi connectivity index (χ0) is 14.0. The minimum atomic E-state index is -1.07. The fraction of sp³-hybridized carbons (Fsp3) is 0.417. The summed E-state index contributed by atoms with van der Waals surface area (Å²) < 4.78 is 0. The lowest BCUT2D eigenvalue weighted by molar-refractivity contribution is -0.129. The molecule has 0 aromatic carbocycles. The second kappa shape index (κ2) is 5.13. The van der Waals surface area contributed by atoms with Crippen molar-refractivity contribution in [2.45, 2.75) is 6.92 Å². The van der Waals surface area contributed by atoms with Crippen molar-refractivity contribution in [3.63, 3.8) is 0 Å². The highest BCUT2D eigenvalue weighted by molar-refractivity contribution is 5.96. The number of nitrogen functional groups attached to an aromatic ring is 1. The fourth-order valence-electron chi connectivity index (χ4n) is 2.13. The summed E-state index contributed by atoms with van der Waals surface area (Å²) in [5.41, 5.74) is 6.07. The maximum atomic E-state index is 11.2. The van der Waals surface area contributed by atoms with Gasteiger partial charge in [0.2, 0.25) is 5.91 Å². The number of amides is 1. The van der Waals surface area contributed by atoms with Crippen LogP contribution in [0.1, 0.15) is 17.3 Å². The molecule has 2 heterocycles. The maximum Gasteiger partial charge on any atom is 0.337 e. The minimum absolute atomic E-state index is 0.0415. The first-order chi connectivity index (χ1) is 9.00. The summed E-state index contributed by atoms with van der Waals surface area (Å²) in [6.45, 7) is 3.91. The number of aromatic carboxylic acids is 1. The van der Waals surface area contributed by atoms with Gasteiger partial charge in [0.05, 0.1) is 11.3 Å². The molecule has 102 valence electrons. The zero-order valence-electron chi connectivity index (χ0n) is 10.7. The van der Waals surface area contributed by atoms with Gasteiger partial charge in [0.25, 0.3) is 0 Å². The van der Waals surface area contributed by atoms with Crippen molar-refractivity contribution in [2.24, 2.45) is 0 Å². The number of pyridine rings is 1. The highest BCUT2D eigenvalue weighted by atomic mass is 16.4. The number of carbonyl (C=O) groups excluding carboxylic acids is 1. The van der Waals surface area contributed by atoms with Crippen molar-refractivity contribution in [3.05, 3.63) is 17.8 Å². The second-order valence-electron chi connectivity index (χ2n) is 4.39. The third-order valence-electron chi connectivity index (χ3n) is 3.22. The Labute approximate surface area is 110 Å². The smallest absolute Gasteiger partial charge is 0.337 e. The Morgan fingerprint density at radius 3 is 2.47 bits per heavy atom. The molecule has 2 rings (SSSR count). The highest BCUT2D eigenvalue weighted by Gasteiger charge is 2.22. The molecule has 1 fully saturated rings. The molecule has 0 bridgehead atoms. The van der Waals surface area contributed by atoms with Crippen LogP contribution in [-0.2, 0) is 4.79 Å². The van der Waals surface area contributed by atoms with E-state index in [1.807, 2.05) is 4.90 Å². The number of piperazine rings is 1. The lowest BCUT2D eigenvalue weighted by Crippen LogP contribution is -2.48. The quantitative estimate of drug-likeness (QED) is 0.781. The lowest BCUT2D eigenvalue weighted by Gasteiger charge is -2.35. The Bertz CT molecular complexity index is 510. The molecule has 7 heteroatoms. The Balaban J connectivity index is 2.18. The molecule has 1 aliphatic heterocycles. The Morgan fingerprint density at radius 1 is 1.32 bits per heavy atom. The molecular weight excluding hydrogens is 248 g/mol. The van der Waals surface area contributed by atoms with Crippen LogP contribution < -0.4 is 10.6 Å². The van der Waals surface area contributed by atoms with E-state index in [0.29, 0.717) is 32.0 Å². The molecule has 0 atom stereocenters. The van der Waals surface area contributed by atoms with Gasteiger partial charge in [-0.15, -0.1) is 0 Å². The molecule has 19 heavy (non-hydrogen) atoms. The van der Waals surface area contributed by atoms with Gasteiger partial charge in [-0.3, -0.25) is 4.79 Å². The van der Waals surface area contributed by atoms with Crippen LogP contribution in [0.5, 0.6) is 0 Å². The topological polar surface area (TPSA) is 99.8 Å². The van der Waals surface area contributed by atoms with Crippen LogP contribution >= 0.6 is 0 Å². The third-order valence-corrected chi connectivity index (χ3v) is 3.22. The van der Waals surface area contributed by atoms with E-state index in [1.165, 1.54) is 19.2 Å². The minimum Gasteiger partial charge on any atom is -0.478 e. The van der Waals surface area contributed by atoms with Gasteiger partial charge in [-0.25, -0.2) is 9.78 Å². The van der Waals surface area contributed by atoms with Gasteiger partial charge in [-0.05, 0) is 6.07 Å². The van der Waals surface area contributed by atoms with E-state index >= 15 is 0 Å². The first kappa shape index (κ1) is 13.1. The van der Waals surface area contributed by atoms with E-state index in [-0.39, 0.29) is 17.2 Å². The second-order valence-corrected chi connectivity index (χ2v) is 4.39. The number of nitrogens with two attached hydrogens (primary N) is 1. The number of carboxylic acid groups (broad SMARTS) is 1. The molecule has 1 saturated heterocycles. The van der Waals surface area contributed by atoms with E-state index in [4.69, 9.17) is 10.8 Å². The predicted octanol–water partition coefficient (Wildman–Crippen LogP) is 0.0305. The number of rotatable bonds is 2. The van der Waals surface area contributed by atoms with Crippen LogP contribution in [0.3, 0.4) is 0 Å². The SMILES string of the molecule is CC(=O)N1CCN(c2nccc(C(=O)O)c2N)CC1. The standard InChI is InChI=1S/C12H16N4O3/c1-8(17)15-4-6-16(7-5-15)11-10(13)9(12(18)19)2-3-14-11/h2-3H,4-7,13H2,1H3,(H,18,19). The van der Waals surface area contributed by atoms with Crippen LogP contribution in [-0.4, -0.2) is 53.0 Å². The average molecular weight is 264 g/mol. The van der Waals surface area contributed by atoms with E-state index in [0.717, 1.165) is 0 Å². The summed E-state index contributed by atoms with van der Waals surface area (Å²) in [4.78, 5) is 30.1. The number of carboxylic acids is 1. The summed E-state index contributed by atoms with van der Waals surface area (Å²) in [6, 6.07) is 1.38. The first-order valence-electron chi connectivity index (χ1n) is 5.99. The van der Waals surface area contributed by atoms with Gasteiger partial charge in [0.15, 0.2) is 5.82 Å². The zero-order valence-corrected chi connectivity index (χ0v) is 10.7. The van der Waals surface area contributed by atoms with E-state index < -0.39 is 5.97 Å². The monoisotopic (exact) mass is 264 g/mol. The van der Waals surface area contributed by atoms with E-state index in [9.17, 15) is 9.59 Å². The van der Waals surface area contributed by atoms with Crippen molar-refractivity contribution in [3.8, 4) is 0 Å². The van der Waals surface area contributed by atoms with Crippen molar-refractivity contribution >= 4 is 23.4 Å². The summed E-state index contributed by atoms with van der Waals surface area (Å²) in [7, 11) is 0. The Morgan fingerprint density at radius 2 is 1.95 bits per heavy atom. The number of aromatic nitrogens is 1. The van der Waals surface area contributed by atoms with Crippen LogP contribution in [0.4, 0.5) is 11.5 Å². The number of hydrogen-bond acceptors (Lipinski definition) is 5. The molecule has 7 nitrogen and oxygen atoms in total. The molecule has 0 saturated carbocycles. The van der Waals surface area contributed by atoms with Crippen LogP contribution in [0.2, 0.25) is 0 Å². The van der Waals surface area contributed by atoms with E-state index in [1.54, 1.807) is 4.90 Å². The van der Waals surface area contributed by atoms with Gasteiger partial charge in [-0.1, -0.05) is 0 Å². The van der Waals surface area contributed by atoms with Crippen molar-refractivity contribution in [1.82, 2.24) is 9.88 Å². The normalized spacial score (nSPS) is 15.4. The molecule has 0 radical (unpaired) electrons. The van der Waals surface area contributed by atoms with Crippen molar-refractivity contribution in [2.75, 3.05) is 36.8 Å². The molecular formula is C12H16N4O3. The number of carbonyl (C=O) groups is 2. The van der Waals surface area contributed by atoms with Gasteiger partial charge < -0.3 is 20.6 Å². The van der Waals surface area contributed by atoms with Gasteiger partial charge in [-0.2, -0.15) is 0 Å². The summed E-state index contributed by atoms with van der Waals surface area (Å²) in [6.07, 6.45) is 1.44. The summed E-state index contributed by atoms with van der Waals surface area (Å²) in [5.74, 6) is -0.550. The lowest BCUT2D eigenvalue weighted by atomic mass is 10.2. The first-order valence-corrected chi connectivity index (χ1v) is 5.99. The van der Waals surface area contributed by atoms with Crippen molar-refractivity contribution < 1.29 is 14.7 Å². The average Bonchev–Trinajstić information content (AvgIpc) is 2.38. The number of nitrogens with zero attached hydrogens (tertiary/aromatic N) is 3. The highest BCUT2D eigenvalue weighted by Crippen LogP contribution is 2.24. The molecule has 1 aliphatic rings. The van der Waals surface area contributed by atoms with Crippen LogP contribution in [0.25, 0.3) is 0 Å². The molecule has 1 amide bonds. The van der Waals surface area contributed by atoms with Gasteiger partial charge >= 0.3 is 5.97 Å².